The minimum atomic E-state index is -1.05. The molecule has 4 atom stereocenters. The van der Waals surface area contributed by atoms with Gasteiger partial charge in [-0.2, -0.15) is 0 Å². The molecular weight excluding hydrogens is 261 g/mol. The van der Waals surface area contributed by atoms with Crippen LogP contribution >= 0.6 is 0 Å². The zero-order valence-electron chi connectivity index (χ0n) is 10.9. The van der Waals surface area contributed by atoms with Gasteiger partial charge in [-0.1, -0.05) is 30.3 Å². The molecule has 2 fully saturated rings. The minimum absolute atomic E-state index is 0.241. The standard InChI is InChI=1S/C15H16FNO3/c16-12-8-11(12)14(18)17-7-6-10(15(19)20)13(17)9-4-2-1-3-5-9/h1-5,10-13H,6-8H2,(H,19,20)/t10-,11-,12+,13-/m1/s1. The minimum Gasteiger partial charge on any atom is -0.481 e. The Balaban J connectivity index is 1.89. The number of halogens is 1. The van der Waals surface area contributed by atoms with Crippen LogP contribution in [-0.2, 0) is 9.59 Å². The molecule has 1 amide bonds. The summed E-state index contributed by atoms with van der Waals surface area (Å²) in [6.07, 6.45) is -0.360. The summed E-state index contributed by atoms with van der Waals surface area (Å²) in [4.78, 5) is 25.2. The smallest absolute Gasteiger partial charge is 0.309 e. The summed E-state index contributed by atoms with van der Waals surface area (Å²) in [6, 6.07) is 8.67. The van der Waals surface area contributed by atoms with E-state index in [4.69, 9.17) is 0 Å². The second-order valence-corrected chi connectivity index (χ2v) is 5.48. The number of benzene rings is 1. The lowest BCUT2D eigenvalue weighted by Gasteiger charge is -2.27. The van der Waals surface area contributed by atoms with Crippen LogP contribution in [0.3, 0.4) is 0 Å². The van der Waals surface area contributed by atoms with Gasteiger partial charge in [-0.15, -0.1) is 0 Å². The van der Waals surface area contributed by atoms with Crippen molar-refractivity contribution >= 4 is 11.9 Å². The quantitative estimate of drug-likeness (QED) is 0.919. The van der Waals surface area contributed by atoms with E-state index in [2.05, 4.69) is 0 Å². The number of carboxylic acids is 1. The monoisotopic (exact) mass is 277 g/mol. The SMILES string of the molecule is O=C(O)[C@@H]1CCN(C(=O)[C@@H]2C[C@@H]2F)[C@@H]1c1ccccc1. The third kappa shape index (κ3) is 2.17. The van der Waals surface area contributed by atoms with Gasteiger partial charge in [-0.25, -0.2) is 4.39 Å². The van der Waals surface area contributed by atoms with E-state index in [0.29, 0.717) is 13.0 Å². The van der Waals surface area contributed by atoms with E-state index >= 15 is 0 Å². The average molecular weight is 277 g/mol. The predicted octanol–water partition coefficient (Wildman–Crippen LogP) is 2.02. The molecule has 0 unspecified atom stereocenters. The summed E-state index contributed by atoms with van der Waals surface area (Å²) in [5.41, 5.74) is 0.807. The first kappa shape index (κ1) is 13.1. The van der Waals surface area contributed by atoms with E-state index in [1.54, 1.807) is 4.90 Å². The number of nitrogens with zero attached hydrogens (tertiary/aromatic N) is 1. The summed E-state index contributed by atoms with van der Waals surface area (Å²) >= 11 is 0. The maximum Gasteiger partial charge on any atom is 0.309 e. The maximum atomic E-state index is 13.1. The van der Waals surface area contributed by atoms with Gasteiger partial charge in [-0.3, -0.25) is 9.59 Å². The third-order valence-corrected chi connectivity index (χ3v) is 4.17. The topological polar surface area (TPSA) is 57.6 Å². The Bertz CT molecular complexity index is 533. The maximum absolute atomic E-state index is 13.1. The van der Waals surface area contributed by atoms with Crippen LogP contribution in [0.25, 0.3) is 0 Å². The lowest BCUT2D eigenvalue weighted by atomic mass is 9.93. The largest absolute Gasteiger partial charge is 0.481 e. The number of carbonyl (C=O) groups is 2. The van der Waals surface area contributed by atoms with Crippen molar-refractivity contribution in [2.45, 2.75) is 25.1 Å². The Morgan fingerprint density at radius 3 is 2.40 bits per heavy atom. The van der Waals surface area contributed by atoms with Crippen LogP contribution in [0.2, 0.25) is 0 Å². The van der Waals surface area contributed by atoms with Gasteiger partial charge in [-0.05, 0) is 18.4 Å². The molecule has 4 nitrogen and oxygen atoms in total. The fraction of sp³-hybridized carbons (Fsp3) is 0.467. The van der Waals surface area contributed by atoms with E-state index in [9.17, 15) is 19.1 Å². The zero-order chi connectivity index (χ0) is 14.3. The Morgan fingerprint density at radius 1 is 1.20 bits per heavy atom. The van der Waals surface area contributed by atoms with Crippen LogP contribution in [0.15, 0.2) is 30.3 Å². The van der Waals surface area contributed by atoms with Gasteiger partial charge >= 0.3 is 5.97 Å². The second kappa shape index (κ2) is 4.89. The van der Waals surface area contributed by atoms with Crippen LogP contribution in [0.5, 0.6) is 0 Å². The number of alkyl halides is 1. The van der Waals surface area contributed by atoms with Crippen molar-refractivity contribution in [3.8, 4) is 0 Å². The molecule has 0 bridgehead atoms. The number of amides is 1. The molecule has 1 saturated carbocycles. The van der Waals surface area contributed by atoms with E-state index < -0.39 is 30.0 Å². The van der Waals surface area contributed by atoms with Gasteiger partial charge in [0.15, 0.2) is 0 Å². The van der Waals surface area contributed by atoms with Crippen LogP contribution < -0.4 is 0 Å². The molecule has 0 radical (unpaired) electrons. The summed E-state index contributed by atoms with van der Waals surface area (Å²) in [5.74, 6) is -2.32. The Labute approximate surface area is 116 Å². The lowest BCUT2D eigenvalue weighted by Crippen LogP contribution is -2.35. The van der Waals surface area contributed by atoms with E-state index in [1.807, 2.05) is 30.3 Å². The first-order valence-electron chi connectivity index (χ1n) is 6.82. The Hall–Kier alpha value is -1.91. The van der Waals surface area contributed by atoms with Gasteiger partial charge in [0.1, 0.15) is 6.17 Å². The zero-order valence-corrected chi connectivity index (χ0v) is 10.9. The molecule has 1 N–H and O–H groups in total. The molecular formula is C15H16FNO3. The van der Waals surface area contributed by atoms with E-state index in [0.717, 1.165) is 5.56 Å². The Morgan fingerprint density at radius 2 is 1.85 bits per heavy atom. The van der Waals surface area contributed by atoms with Crippen molar-refractivity contribution in [1.82, 2.24) is 4.90 Å². The summed E-state index contributed by atoms with van der Waals surface area (Å²) in [7, 11) is 0. The Kier molecular flexibility index (Phi) is 3.20. The summed E-state index contributed by atoms with van der Waals surface area (Å²) < 4.78 is 13.1. The number of hydrogen-bond acceptors (Lipinski definition) is 2. The molecule has 1 aromatic rings. The average Bonchev–Trinajstić information content (AvgIpc) is 3.02. The number of likely N-dealkylation sites (tertiary alicyclic amines) is 1. The number of carbonyl (C=O) groups excluding carboxylic acids is 1. The van der Waals surface area contributed by atoms with Crippen LogP contribution in [0.4, 0.5) is 4.39 Å². The second-order valence-electron chi connectivity index (χ2n) is 5.48. The molecule has 106 valence electrons. The van der Waals surface area contributed by atoms with Gasteiger partial charge in [0.2, 0.25) is 5.91 Å². The first-order valence-corrected chi connectivity index (χ1v) is 6.82. The number of hydrogen-bond donors (Lipinski definition) is 1. The molecule has 3 rings (SSSR count). The fourth-order valence-corrected chi connectivity index (χ4v) is 2.99. The molecule has 1 heterocycles. The highest BCUT2D eigenvalue weighted by molar-refractivity contribution is 5.84. The molecule has 0 aromatic heterocycles. The van der Waals surface area contributed by atoms with E-state index in [1.165, 1.54) is 0 Å². The fourth-order valence-electron chi connectivity index (χ4n) is 2.99. The van der Waals surface area contributed by atoms with Gasteiger partial charge in [0.05, 0.1) is 17.9 Å². The normalized spacial score (nSPS) is 32.1. The molecule has 2 aliphatic rings. The molecule has 0 spiro atoms. The molecule has 1 saturated heterocycles. The van der Waals surface area contributed by atoms with Crippen molar-refractivity contribution in [1.29, 1.82) is 0 Å². The van der Waals surface area contributed by atoms with E-state index in [-0.39, 0.29) is 12.3 Å². The highest BCUT2D eigenvalue weighted by Crippen LogP contribution is 2.43. The molecule has 1 aromatic carbocycles. The van der Waals surface area contributed by atoms with Crippen molar-refractivity contribution in [2.24, 2.45) is 11.8 Å². The van der Waals surface area contributed by atoms with Crippen LogP contribution in [0, 0.1) is 11.8 Å². The van der Waals surface area contributed by atoms with Gasteiger partial charge in [0, 0.05) is 6.54 Å². The van der Waals surface area contributed by atoms with Crippen molar-refractivity contribution in [3.63, 3.8) is 0 Å². The number of rotatable bonds is 3. The number of aliphatic carboxylic acids is 1. The molecule has 20 heavy (non-hydrogen) atoms. The van der Waals surface area contributed by atoms with Gasteiger partial charge < -0.3 is 10.0 Å². The van der Waals surface area contributed by atoms with Crippen molar-refractivity contribution in [3.05, 3.63) is 35.9 Å². The van der Waals surface area contributed by atoms with Gasteiger partial charge in [0.25, 0.3) is 0 Å². The molecule has 5 heteroatoms. The highest BCUT2D eigenvalue weighted by Gasteiger charge is 2.50. The lowest BCUT2D eigenvalue weighted by molar-refractivity contribution is -0.143. The summed E-state index contributed by atoms with van der Waals surface area (Å²) in [6.45, 7) is 0.387. The highest BCUT2D eigenvalue weighted by atomic mass is 19.1. The number of carboxylic acid groups (broad SMARTS) is 1. The van der Waals surface area contributed by atoms with Crippen molar-refractivity contribution in [2.75, 3.05) is 6.54 Å². The predicted molar refractivity (Wildman–Crippen MR) is 69.6 cm³/mol. The van der Waals surface area contributed by atoms with Crippen molar-refractivity contribution < 1.29 is 19.1 Å². The summed E-state index contributed by atoms with van der Waals surface area (Å²) in [5, 5.41) is 9.34. The molecule has 1 aliphatic heterocycles. The molecule has 1 aliphatic carbocycles. The van der Waals surface area contributed by atoms with Crippen LogP contribution in [0.1, 0.15) is 24.4 Å². The van der Waals surface area contributed by atoms with Crippen LogP contribution in [-0.4, -0.2) is 34.6 Å². The third-order valence-electron chi connectivity index (χ3n) is 4.17. The first-order chi connectivity index (χ1) is 9.59.